The number of esters is 1. The zero-order valence-corrected chi connectivity index (χ0v) is 18.2. The highest BCUT2D eigenvalue weighted by Crippen LogP contribution is 2.30. The van der Waals surface area contributed by atoms with Crippen molar-refractivity contribution >= 4 is 40.1 Å². The second kappa shape index (κ2) is 9.62. The van der Waals surface area contributed by atoms with Crippen LogP contribution in [0.25, 0.3) is 22.2 Å². The summed E-state index contributed by atoms with van der Waals surface area (Å²) in [6.45, 7) is 2.31. The monoisotopic (exact) mass is 444 g/mol. The van der Waals surface area contributed by atoms with Gasteiger partial charge < -0.3 is 10.1 Å². The van der Waals surface area contributed by atoms with Crippen molar-refractivity contribution in [1.29, 1.82) is 0 Å². The molecule has 0 aliphatic carbocycles. The molecule has 160 valence electrons. The van der Waals surface area contributed by atoms with Crippen molar-refractivity contribution in [1.82, 2.24) is 4.98 Å². The van der Waals surface area contributed by atoms with Gasteiger partial charge in [-0.25, -0.2) is 9.78 Å². The summed E-state index contributed by atoms with van der Waals surface area (Å²) in [4.78, 5) is 29.9. The number of anilines is 1. The average molecular weight is 445 g/mol. The third kappa shape index (κ3) is 4.63. The number of halogens is 1. The molecule has 0 spiro atoms. The Balaban J connectivity index is 1.65. The highest BCUT2D eigenvalue weighted by Gasteiger charge is 2.16. The molecule has 0 saturated carbocycles. The number of para-hydroxylation sites is 1. The number of ether oxygens (including phenoxy) is 1. The zero-order valence-electron chi connectivity index (χ0n) is 17.5. The van der Waals surface area contributed by atoms with Gasteiger partial charge in [0.2, 0.25) is 0 Å². The van der Waals surface area contributed by atoms with Gasteiger partial charge in [0.1, 0.15) is 0 Å². The fourth-order valence-electron chi connectivity index (χ4n) is 3.34. The van der Waals surface area contributed by atoms with Crippen LogP contribution in [-0.4, -0.2) is 23.5 Å². The van der Waals surface area contributed by atoms with Gasteiger partial charge in [-0.05, 0) is 48.9 Å². The smallest absolute Gasteiger partial charge is 0.338 e. The van der Waals surface area contributed by atoms with E-state index >= 15 is 0 Å². The molecule has 0 radical (unpaired) electrons. The summed E-state index contributed by atoms with van der Waals surface area (Å²) in [5.41, 5.74) is 3.56. The van der Waals surface area contributed by atoms with Gasteiger partial charge in [-0.1, -0.05) is 54.9 Å². The maximum atomic E-state index is 13.2. The largest absolute Gasteiger partial charge is 0.462 e. The van der Waals surface area contributed by atoms with E-state index in [1.807, 2.05) is 49.4 Å². The first-order valence-electron chi connectivity index (χ1n) is 10.3. The van der Waals surface area contributed by atoms with Gasteiger partial charge in [0.15, 0.2) is 0 Å². The number of fused-ring (bicyclic) bond motifs is 1. The molecule has 1 N–H and O–H groups in total. The van der Waals surface area contributed by atoms with E-state index in [9.17, 15) is 9.59 Å². The molecule has 4 aromatic rings. The first-order valence-corrected chi connectivity index (χ1v) is 10.7. The molecule has 6 heteroatoms. The number of amides is 1. The molecule has 0 aliphatic rings. The van der Waals surface area contributed by atoms with Crippen LogP contribution in [0.3, 0.4) is 0 Å². The summed E-state index contributed by atoms with van der Waals surface area (Å²) in [7, 11) is 0. The first-order chi connectivity index (χ1) is 15.6. The predicted octanol–water partition coefficient (Wildman–Crippen LogP) is 6.37. The second-order valence-corrected chi connectivity index (χ2v) is 7.63. The van der Waals surface area contributed by atoms with Crippen molar-refractivity contribution in [2.24, 2.45) is 0 Å². The Morgan fingerprint density at radius 1 is 0.969 bits per heavy atom. The molecule has 0 fully saturated rings. The van der Waals surface area contributed by atoms with Gasteiger partial charge in [0.05, 0.1) is 28.9 Å². The van der Waals surface area contributed by atoms with E-state index in [1.54, 1.807) is 36.4 Å². The topological polar surface area (TPSA) is 68.3 Å². The highest BCUT2D eigenvalue weighted by molar-refractivity contribution is 6.33. The maximum absolute atomic E-state index is 13.2. The summed E-state index contributed by atoms with van der Waals surface area (Å²) >= 11 is 6.37. The molecule has 1 amide bonds. The number of benzene rings is 3. The number of aromatic nitrogens is 1. The van der Waals surface area contributed by atoms with Gasteiger partial charge in [0, 0.05) is 21.7 Å². The van der Waals surface area contributed by atoms with E-state index in [4.69, 9.17) is 21.3 Å². The molecule has 1 aromatic heterocycles. The SMILES string of the molecule is CCCOC(=O)c1ccc(NC(=O)c2cc(-c3ccccc3Cl)nc3ccccc23)cc1. The summed E-state index contributed by atoms with van der Waals surface area (Å²) in [6.07, 6.45) is 0.760. The molecule has 0 unspecified atom stereocenters. The van der Waals surface area contributed by atoms with Crippen molar-refractivity contribution in [2.75, 3.05) is 11.9 Å². The normalized spacial score (nSPS) is 10.7. The minimum absolute atomic E-state index is 0.279. The molecule has 3 aromatic carbocycles. The Morgan fingerprint density at radius 3 is 2.44 bits per heavy atom. The van der Waals surface area contributed by atoms with E-state index in [-0.39, 0.29) is 11.9 Å². The summed E-state index contributed by atoms with van der Waals surface area (Å²) < 4.78 is 5.14. The van der Waals surface area contributed by atoms with Crippen LogP contribution in [0.4, 0.5) is 5.69 Å². The lowest BCUT2D eigenvalue weighted by Crippen LogP contribution is -2.13. The Morgan fingerprint density at radius 2 is 1.69 bits per heavy atom. The van der Waals surface area contributed by atoms with E-state index in [0.29, 0.717) is 39.7 Å². The lowest BCUT2D eigenvalue weighted by atomic mass is 10.0. The molecule has 0 aliphatic heterocycles. The molecule has 32 heavy (non-hydrogen) atoms. The van der Waals surface area contributed by atoms with Crippen LogP contribution < -0.4 is 5.32 Å². The zero-order chi connectivity index (χ0) is 22.5. The molecule has 0 atom stereocenters. The van der Waals surface area contributed by atoms with E-state index in [0.717, 1.165) is 17.4 Å². The van der Waals surface area contributed by atoms with Crippen molar-refractivity contribution < 1.29 is 14.3 Å². The number of hydrogen-bond donors (Lipinski definition) is 1. The second-order valence-electron chi connectivity index (χ2n) is 7.22. The van der Waals surface area contributed by atoms with E-state index in [2.05, 4.69) is 5.32 Å². The minimum atomic E-state index is -0.380. The number of nitrogens with one attached hydrogen (secondary N) is 1. The highest BCUT2D eigenvalue weighted by atomic mass is 35.5. The van der Waals surface area contributed by atoms with Crippen LogP contribution in [0, 0.1) is 0 Å². The number of carbonyl (C=O) groups excluding carboxylic acids is 2. The lowest BCUT2D eigenvalue weighted by Gasteiger charge is -2.12. The Bertz CT molecular complexity index is 1290. The number of pyridine rings is 1. The van der Waals surface area contributed by atoms with Crippen molar-refractivity contribution in [2.45, 2.75) is 13.3 Å². The van der Waals surface area contributed by atoms with Crippen molar-refractivity contribution in [3.63, 3.8) is 0 Å². The van der Waals surface area contributed by atoms with E-state index < -0.39 is 0 Å². The molecule has 1 heterocycles. The molecular weight excluding hydrogens is 424 g/mol. The lowest BCUT2D eigenvalue weighted by molar-refractivity contribution is 0.0505. The van der Waals surface area contributed by atoms with E-state index in [1.165, 1.54) is 0 Å². The maximum Gasteiger partial charge on any atom is 0.338 e. The number of nitrogens with zero attached hydrogens (tertiary/aromatic N) is 1. The third-order valence-corrected chi connectivity index (χ3v) is 5.26. The van der Waals surface area contributed by atoms with Gasteiger partial charge in [-0.15, -0.1) is 0 Å². The van der Waals surface area contributed by atoms with Crippen LogP contribution in [0.15, 0.2) is 78.9 Å². The average Bonchev–Trinajstić information content (AvgIpc) is 2.82. The van der Waals surface area contributed by atoms with Gasteiger partial charge in [-0.2, -0.15) is 0 Å². The number of hydrogen-bond acceptors (Lipinski definition) is 4. The first kappa shape index (κ1) is 21.5. The summed E-state index contributed by atoms with van der Waals surface area (Å²) in [5.74, 6) is -0.660. The van der Waals surface area contributed by atoms with Crippen molar-refractivity contribution in [3.8, 4) is 11.3 Å². The summed E-state index contributed by atoms with van der Waals surface area (Å²) in [5, 5.41) is 4.20. The van der Waals surface area contributed by atoms with Crippen LogP contribution in [0.2, 0.25) is 5.02 Å². The minimum Gasteiger partial charge on any atom is -0.462 e. The standard InChI is InChI=1S/C26H21ClN2O3/c1-2-15-32-26(31)17-11-13-18(14-12-17)28-25(30)21-16-24(20-8-3-5-9-22(20)27)29-23-10-6-4-7-19(21)23/h3-14,16H,2,15H2,1H3,(H,28,30). The fourth-order valence-corrected chi connectivity index (χ4v) is 3.57. The number of carbonyl (C=O) groups is 2. The van der Waals surface area contributed by atoms with Gasteiger partial charge >= 0.3 is 5.97 Å². The quantitative estimate of drug-likeness (QED) is 0.350. The molecule has 5 nitrogen and oxygen atoms in total. The molecule has 0 saturated heterocycles. The molecule has 0 bridgehead atoms. The Kier molecular flexibility index (Phi) is 6.47. The third-order valence-electron chi connectivity index (χ3n) is 4.93. The summed E-state index contributed by atoms with van der Waals surface area (Å²) in [6, 6.07) is 23.2. The van der Waals surface area contributed by atoms with Crippen LogP contribution in [-0.2, 0) is 4.74 Å². The molecule has 4 rings (SSSR count). The van der Waals surface area contributed by atoms with Crippen LogP contribution >= 0.6 is 11.6 Å². The van der Waals surface area contributed by atoms with Gasteiger partial charge in [-0.3, -0.25) is 4.79 Å². The van der Waals surface area contributed by atoms with Crippen LogP contribution in [0.1, 0.15) is 34.1 Å². The fraction of sp³-hybridized carbons (Fsp3) is 0.115. The van der Waals surface area contributed by atoms with Gasteiger partial charge in [0.25, 0.3) is 5.91 Å². The Labute approximate surface area is 191 Å². The predicted molar refractivity (Wildman–Crippen MR) is 127 cm³/mol. The molecular formula is C26H21ClN2O3. The number of rotatable bonds is 6. The van der Waals surface area contributed by atoms with Crippen LogP contribution in [0.5, 0.6) is 0 Å². The van der Waals surface area contributed by atoms with Crippen molar-refractivity contribution in [3.05, 3.63) is 95.0 Å². The Hall–Kier alpha value is -3.70.